The summed E-state index contributed by atoms with van der Waals surface area (Å²) in [4.78, 5) is 23.3. The van der Waals surface area contributed by atoms with E-state index in [4.69, 9.17) is 0 Å². The fourth-order valence-electron chi connectivity index (χ4n) is 2.09. The van der Waals surface area contributed by atoms with E-state index in [9.17, 15) is 9.59 Å². The molecule has 1 aromatic heterocycles. The maximum Gasteiger partial charge on any atom is 0.327 e. The zero-order valence-corrected chi connectivity index (χ0v) is 14.2. The van der Waals surface area contributed by atoms with Crippen molar-refractivity contribution in [3.05, 3.63) is 21.0 Å². The van der Waals surface area contributed by atoms with Crippen LogP contribution < -0.4 is 10.9 Å². The summed E-state index contributed by atoms with van der Waals surface area (Å²) in [5.41, 5.74) is 0.323. The molecule has 6 nitrogen and oxygen atoms in total. The lowest BCUT2D eigenvalue weighted by atomic mass is 10.0. The summed E-state index contributed by atoms with van der Waals surface area (Å²) in [6.45, 7) is 0.648. The van der Waals surface area contributed by atoms with Gasteiger partial charge >= 0.3 is 5.97 Å². The first-order valence-corrected chi connectivity index (χ1v) is 8.70. The number of aromatic nitrogens is 2. The van der Waals surface area contributed by atoms with Crippen molar-refractivity contribution in [2.24, 2.45) is 5.92 Å². The third kappa shape index (κ3) is 4.47. The van der Waals surface area contributed by atoms with Crippen LogP contribution in [-0.4, -0.2) is 40.9 Å². The molecule has 1 N–H and O–H groups in total. The number of thioether (sulfide) groups is 1. The molecule has 1 aliphatic rings. The molecule has 0 aliphatic carbocycles. The fourth-order valence-corrected chi connectivity index (χ4v) is 3.74. The molecule has 0 amide bonds. The maximum atomic E-state index is 12.1. The van der Waals surface area contributed by atoms with Crippen molar-refractivity contribution in [3.63, 3.8) is 0 Å². The Hall–Kier alpha value is -1.02. The van der Waals surface area contributed by atoms with E-state index < -0.39 is 5.97 Å². The number of nitrogens with zero attached hydrogens (tertiary/aromatic N) is 2. The van der Waals surface area contributed by atoms with Crippen LogP contribution in [0.25, 0.3) is 0 Å². The van der Waals surface area contributed by atoms with Crippen molar-refractivity contribution >= 4 is 39.3 Å². The Balaban J connectivity index is 2.02. The summed E-state index contributed by atoms with van der Waals surface area (Å²) in [6, 6.07) is 0. The second kappa shape index (κ2) is 7.84. The van der Waals surface area contributed by atoms with Gasteiger partial charge in [-0.2, -0.15) is 16.9 Å². The zero-order chi connectivity index (χ0) is 15.2. The minimum Gasteiger partial charge on any atom is -0.468 e. The van der Waals surface area contributed by atoms with E-state index in [-0.39, 0.29) is 12.1 Å². The third-order valence-corrected chi connectivity index (χ3v) is 5.23. The number of anilines is 1. The van der Waals surface area contributed by atoms with Crippen molar-refractivity contribution in [1.29, 1.82) is 0 Å². The normalized spacial score (nSPS) is 15.7. The fraction of sp³-hybridized carbons (Fsp3) is 0.615. The van der Waals surface area contributed by atoms with Gasteiger partial charge in [-0.15, -0.1) is 0 Å². The molecule has 0 saturated carbocycles. The molecule has 1 fully saturated rings. The van der Waals surface area contributed by atoms with E-state index in [0.717, 1.165) is 11.2 Å². The van der Waals surface area contributed by atoms with Gasteiger partial charge in [0, 0.05) is 6.54 Å². The number of hydrogen-bond donors (Lipinski definition) is 1. The molecule has 1 aliphatic heterocycles. The summed E-state index contributed by atoms with van der Waals surface area (Å²) < 4.78 is 6.01. The third-order valence-electron chi connectivity index (χ3n) is 3.41. The Morgan fingerprint density at radius 3 is 2.95 bits per heavy atom. The highest BCUT2D eigenvalue weighted by Crippen LogP contribution is 2.24. The molecule has 1 saturated heterocycles. The number of nitrogens with one attached hydrogen (secondary N) is 1. The van der Waals surface area contributed by atoms with Gasteiger partial charge in [-0.05, 0) is 46.2 Å². The maximum absolute atomic E-state index is 12.1. The molecule has 0 bridgehead atoms. The highest BCUT2D eigenvalue weighted by molar-refractivity contribution is 9.10. The number of rotatable bonds is 5. The summed E-state index contributed by atoms with van der Waals surface area (Å²) in [7, 11) is 1.28. The minimum absolute atomic E-state index is 0.186. The Morgan fingerprint density at radius 1 is 1.57 bits per heavy atom. The van der Waals surface area contributed by atoms with Crippen LogP contribution in [0.2, 0.25) is 0 Å². The van der Waals surface area contributed by atoms with Crippen LogP contribution in [0.3, 0.4) is 0 Å². The molecule has 8 heteroatoms. The first-order valence-electron chi connectivity index (χ1n) is 6.76. The standard InChI is InChI=1S/C13H18BrN3O3S/c1-20-11(18)8-17-13(19)12(14)10(7-16-17)15-6-9-2-4-21-5-3-9/h7,9,15H,2-6,8H2,1H3. The molecule has 2 rings (SSSR count). The van der Waals surface area contributed by atoms with E-state index in [1.165, 1.54) is 31.5 Å². The largest absolute Gasteiger partial charge is 0.468 e. The Bertz CT molecular complexity index is 558. The van der Waals surface area contributed by atoms with Gasteiger partial charge in [-0.25, -0.2) is 4.68 Å². The molecule has 2 heterocycles. The van der Waals surface area contributed by atoms with Gasteiger partial charge in [-0.3, -0.25) is 9.59 Å². The number of hydrogen-bond acceptors (Lipinski definition) is 6. The van der Waals surface area contributed by atoms with Crippen LogP contribution in [0.4, 0.5) is 5.69 Å². The summed E-state index contributed by atoms with van der Waals surface area (Å²) in [5.74, 6) is 2.53. The van der Waals surface area contributed by atoms with Crippen LogP contribution in [0.5, 0.6) is 0 Å². The highest BCUT2D eigenvalue weighted by atomic mass is 79.9. The van der Waals surface area contributed by atoms with Crippen LogP contribution in [0, 0.1) is 5.92 Å². The lowest BCUT2D eigenvalue weighted by molar-refractivity contribution is -0.141. The van der Waals surface area contributed by atoms with Crippen molar-refractivity contribution in [2.45, 2.75) is 19.4 Å². The number of ether oxygens (including phenoxy) is 1. The molecule has 0 atom stereocenters. The summed E-state index contributed by atoms with van der Waals surface area (Å²) in [6.07, 6.45) is 3.95. The van der Waals surface area contributed by atoms with E-state index >= 15 is 0 Å². The number of methoxy groups -OCH3 is 1. The number of carbonyl (C=O) groups excluding carboxylic acids is 1. The predicted octanol–water partition coefficient (Wildman–Crippen LogP) is 1.73. The van der Waals surface area contributed by atoms with Crippen LogP contribution in [-0.2, 0) is 16.1 Å². The van der Waals surface area contributed by atoms with Gasteiger partial charge in [0.25, 0.3) is 5.56 Å². The second-order valence-corrected chi connectivity index (χ2v) is 6.87. The molecule has 0 radical (unpaired) electrons. The zero-order valence-electron chi connectivity index (χ0n) is 11.8. The van der Waals surface area contributed by atoms with Crippen LogP contribution in [0.1, 0.15) is 12.8 Å². The minimum atomic E-state index is -0.503. The smallest absolute Gasteiger partial charge is 0.327 e. The second-order valence-electron chi connectivity index (χ2n) is 4.85. The quantitative estimate of drug-likeness (QED) is 0.790. The summed E-state index contributed by atoms with van der Waals surface area (Å²) in [5, 5.41) is 7.27. The first-order chi connectivity index (χ1) is 10.1. The summed E-state index contributed by atoms with van der Waals surface area (Å²) >= 11 is 5.27. The van der Waals surface area contributed by atoms with E-state index in [1.54, 1.807) is 6.20 Å². The van der Waals surface area contributed by atoms with Crippen molar-refractivity contribution < 1.29 is 9.53 Å². The molecule has 116 valence electrons. The van der Waals surface area contributed by atoms with Gasteiger partial charge in [-0.1, -0.05) is 0 Å². The molecule has 1 aromatic rings. The van der Waals surface area contributed by atoms with Gasteiger partial charge in [0.05, 0.1) is 19.0 Å². The van der Waals surface area contributed by atoms with Crippen molar-refractivity contribution in [1.82, 2.24) is 9.78 Å². The Labute approximate surface area is 135 Å². The van der Waals surface area contributed by atoms with Crippen molar-refractivity contribution in [2.75, 3.05) is 30.5 Å². The average Bonchev–Trinajstić information content (AvgIpc) is 2.52. The van der Waals surface area contributed by atoms with E-state index in [2.05, 4.69) is 31.1 Å². The molecule has 0 spiro atoms. The first kappa shape index (κ1) is 16.4. The number of halogens is 1. The van der Waals surface area contributed by atoms with Gasteiger partial charge in [0.1, 0.15) is 11.0 Å². The number of carbonyl (C=O) groups is 1. The molecular weight excluding hydrogens is 358 g/mol. The average molecular weight is 376 g/mol. The molecular formula is C13H18BrN3O3S. The Kier molecular flexibility index (Phi) is 6.10. The predicted molar refractivity (Wildman–Crippen MR) is 86.8 cm³/mol. The molecule has 21 heavy (non-hydrogen) atoms. The lowest BCUT2D eigenvalue weighted by Crippen LogP contribution is -2.29. The van der Waals surface area contributed by atoms with Gasteiger partial charge in [0.15, 0.2) is 0 Å². The highest BCUT2D eigenvalue weighted by Gasteiger charge is 2.15. The molecule has 0 unspecified atom stereocenters. The SMILES string of the molecule is COC(=O)Cn1ncc(NCC2CCSCC2)c(Br)c1=O. The van der Waals surface area contributed by atoms with E-state index in [0.29, 0.717) is 16.1 Å². The number of esters is 1. The van der Waals surface area contributed by atoms with Crippen LogP contribution >= 0.6 is 27.7 Å². The van der Waals surface area contributed by atoms with Crippen LogP contribution in [0.15, 0.2) is 15.5 Å². The van der Waals surface area contributed by atoms with E-state index in [1.807, 2.05) is 11.8 Å². The lowest BCUT2D eigenvalue weighted by Gasteiger charge is -2.22. The molecule has 0 aromatic carbocycles. The monoisotopic (exact) mass is 375 g/mol. The van der Waals surface area contributed by atoms with Crippen molar-refractivity contribution in [3.8, 4) is 0 Å². The topological polar surface area (TPSA) is 73.2 Å². The van der Waals surface area contributed by atoms with Gasteiger partial charge in [0.2, 0.25) is 0 Å². The van der Waals surface area contributed by atoms with Gasteiger partial charge < -0.3 is 10.1 Å². The Morgan fingerprint density at radius 2 is 2.29 bits per heavy atom.